The molecule has 0 aliphatic rings. The predicted octanol–water partition coefficient (Wildman–Crippen LogP) is 3.77. The van der Waals surface area contributed by atoms with E-state index in [2.05, 4.69) is 4.98 Å². The average Bonchev–Trinajstić information content (AvgIpc) is 2.37. The third kappa shape index (κ3) is 1.58. The van der Waals surface area contributed by atoms with Crippen LogP contribution in [0.2, 0.25) is 0 Å². The summed E-state index contributed by atoms with van der Waals surface area (Å²) in [6.45, 7) is 0. The van der Waals surface area contributed by atoms with Crippen LogP contribution in [0, 0.1) is 0 Å². The number of benzene rings is 2. The van der Waals surface area contributed by atoms with Crippen molar-refractivity contribution in [2.45, 2.75) is 0 Å². The van der Waals surface area contributed by atoms with Crippen LogP contribution in [0.5, 0.6) is 0 Å². The number of nitrogens with zero attached hydrogens (tertiary/aromatic N) is 1. The molecule has 1 aromatic heterocycles. The lowest BCUT2D eigenvalue weighted by Crippen LogP contribution is -1.91. The van der Waals surface area contributed by atoms with Crippen molar-refractivity contribution < 1.29 is 4.79 Å². The highest BCUT2D eigenvalue weighted by Crippen LogP contribution is 2.26. The van der Waals surface area contributed by atoms with Crippen molar-refractivity contribution in [2.24, 2.45) is 0 Å². The molecule has 0 spiro atoms. The summed E-state index contributed by atoms with van der Waals surface area (Å²) in [4.78, 5) is 15.7. The standard InChI is InChI=1S/C14H8ClNO/c15-14(17)12-5-1-4-11-10(12)7-6-9-3-2-8-16-13(9)11/h1-8H. The van der Waals surface area contributed by atoms with Crippen LogP contribution in [-0.4, -0.2) is 10.2 Å². The van der Waals surface area contributed by atoms with Crippen LogP contribution in [0.1, 0.15) is 10.4 Å². The topological polar surface area (TPSA) is 30.0 Å². The molecular formula is C14H8ClNO. The fourth-order valence-electron chi connectivity index (χ4n) is 2.07. The fraction of sp³-hybridized carbons (Fsp3) is 0. The summed E-state index contributed by atoms with van der Waals surface area (Å²) in [7, 11) is 0. The maximum absolute atomic E-state index is 11.3. The Morgan fingerprint density at radius 1 is 1.00 bits per heavy atom. The Bertz CT molecular complexity index is 736. The van der Waals surface area contributed by atoms with Crippen molar-refractivity contribution in [1.82, 2.24) is 4.98 Å². The molecule has 0 aliphatic carbocycles. The van der Waals surface area contributed by atoms with Crippen LogP contribution >= 0.6 is 11.6 Å². The maximum atomic E-state index is 11.3. The van der Waals surface area contributed by atoms with Crippen LogP contribution in [0.3, 0.4) is 0 Å². The van der Waals surface area contributed by atoms with Gasteiger partial charge in [-0.15, -0.1) is 0 Å². The molecule has 17 heavy (non-hydrogen) atoms. The summed E-state index contributed by atoms with van der Waals surface area (Å²) in [6, 6.07) is 13.3. The van der Waals surface area contributed by atoms with Crippen molar-refractivity contribution >= 4 is 38.5 Å². The number of carbonyl (C=O) groups is 1. The van der Waals surface area contributed by atoms with Gasteiger partial charge in [-0.2, -0.15) is 0 Å². The van der Waals surface area contributed by atoms with Gasteiger partial charge >= 0.3 is 0 Å². The first-order chi connectivity index (χ1) is 8.27. The molecule has 3 rings (SSSR count). The van der Waals surface area contributed by atoms with E-state index < -0.39 is 5.24 Å². The van der Waals surface area contributed by atoms with E-state index >= 15 is 0 Å². The SMILES string of the molecule is O=C(Cl)c1cccc2c1ccc1cccnc12. The first-order valence-corrected chi connectivity index (χ1v) is 5.61. The zero-order valence-corrected chi connectivity index (χ0v) is 9.61. The molecule has 0 saturated heterocycles. The highest BCUT2D eigenvalue weighted by atomic mass is 35.5. The van der Waals surface area contributed by atoms with Gasteiger partial charge in [-0.3, -0.25) is 9.78 Å². The highest BCUT2D eigenvalue weighted by Gasteiger charge is 2.09. The molecule has 3 aromatic rings. The molecular weight excluding hydrogens is 234 g/mol. The van der Waals surface area contributed by atoms with Crippen molar-refractivity contribution in [3.8, 4) is 0 Å². The highest BCUT2D eigenvalue weighted by molar-refractivity contribution is 6.68. The second-order valence-electron chi connectivity index (χ2n) is 3.82. The zero-order chi connectivity index (χ0) is 11.8. The molecule has 82 valence electrons. The van der Waals surface area contributed by atoms with Gasteiger partial charge < -0.3 is 0 Å². The third-order valence-electron chi connectivity index (χ3n) is 2.84. The summed E-state index contributed by atoms with van der Waals surface area (Å²) in [5.74, 6) is 0. The summed E-state index contributed by atoms with van der Waals surface area (Å²) >= 11 is 5.57. The molecule has 0 fully saturated rings. The van der Waals surface area contributed by atoms with E-state index in [9.17, 15) is 4.79 Å². The van der Waals surface area contributed by atoms with Crippen LogP contribution in [-0.2, 0) is 0 Å². The van der Waals surface area contributed by atoms with Gasteiger partial charge in [0.15, 0.2) is 0 Å². The molecule has 2 aromatic carbocycles. The minimum Gasteiger partial charge on any atom is -0.276 e. The van der Waals surface area contributed by atoms with Crippen LogP contribution < -0.4 is 0 Å². The van der Waals surface area contributed by atoms with E-state index in [-0.39, 0.29) is 0 Å². The maximum Gasteiger partial charge on any atom is 0.253 e. The van der Waals surface area contributed by atoms with Crippen LogP contribution in [0.15, 0.2) is 48.7 Å². The van der Waals surface area contributed by atoms with Crippen molar-refractivity contribution in [3.05, 3.63) is 54.2 Å². The molecule has 0 aliphatic heterocycles. The molecule has 0 bridgehead atoms. The Labute approximate surface area is 103 Å². The Balaban J connectivity index is 2.52. The van der Waals surface area contributed by atoms with Gasteiger partial charge in [0.25, 0.3) is 5.24 Å². The number of aromatic nitrogens is 1. The van der Waals surface area contributed by atoms with Gasteiger partial charge in [-0.25, -0.2) is 0 Å². The number of halogens is 1. The Morgan fingerprint density at radius 2 is 1.88 bits per heavy atom. The molecule has 0 saturated carbocycles. The van der Waals surface area contributed by atoms with Gasteiger partial charge in [0, 0.05) is 22.5 Å². The van der Waals surface area contributed by atoms with E-state index in [0.717, 1.165) is 21.7 Å². The van der Waals surface area contributed by atoms with Gasteiger partial charge in [0.2, 0.25) is 0 Å². The van der Waals surface area contributed by atoms with E-state index in [1.165, 1.54) is 0 Å². The van der Waals surface area contributed by atoms with Gasteiger partial charge in [0.1, 0.15) is 0 Å². The lowest BCUT2D eigenvalue weighted by Gasteiger charge is -2.05. The number of pyridine rings is 1. The summed E-state index contributed by atoms with van der Waals surface area (Å²) in [5.41, 5.74) is 1.42. The van der Waals surface area contributed by atoms with Crippen LogP contribution in [0.4, 0.5) is 0 Å². The number of hydrogen-bond donors (Lipinski definition) is 0. The number of hydrogen-bond acceptors (Lipinski definition) is 2. The molecule has 3 heteroatoms. The minimum absolute atomic E-state index is 0.439. The smallest absolute Gasteiger partial charge is 0.253 e. The molecule has 1 heterocycles. The van der Waals surface area contributed by atoms with E-state index in [0.29, 0.717) is 5.56 Å². The normalized spacial score (nSPS) is 10.9. The lowest BCUT2D eigenvalue weighted by atomic mass is 10.0. The Hall–Kier alpha value is -1.93. The second-order valence-corrected chi connectivity index (χ2v) is 4.16. The summed E-state index contributed by atoms with van der Waals surface area (Å²) < 4.78 is 0. The molecule has 2 nitrogen and oxygen atoms in total. The monoisotopic (exact) mass is 241 g/mol. The zero-order valence-electron chi connectivity index (χ0n) is 8.85. The van der Waals surface area contributed by atoms with Gasteiger partial charge in [-0.05, 0) is 29.1 Å². The fourth-order valence-corrected chi connectivity index (χ4v) is 2.24. The number of carbonyl (C=O) groups excluding carboxylic acids is 1. The largest absolute Gasteiger partial charge is 0.276 e. The molecule has 0 amide bonds. The molecule has 0 radical (unpaired) electrons. The van der Waals surface area contributed by atoms with Gasteiger partial charge in [0.05, 0.1) is 5.52 Å². The first kappa shape index (κ1) is 10.2. The second kappa shape index (κ2) is 3.82. The van der Waals surface area contributed by atoms with Crippen molar-refractivity contribution in [1.29, 1.82) is 0 Å². The molecule has 0 N–H and O–H groups in total. The van der Waals surface area contributed by atoms with Crippen LogP contribution in [0.25, 0.3) is 21.7 Å². The molecule has 0 unspecified atom stereocenters. The third-order valence-corrected chi connectivity index (χ3v) is 3.05. The lowest BCUT2D eigenvalue weighted by molar-refractivity contribution is 0.108. The minimum atomic E-state index is -0.439. The van der Waals surface area contributed by atoms with Gasteiger partial charge in [-0.1, -0.05) is 30.3 Å². The first-order valence-electron chi connectivity index (χ1n) is 5.23. The average molecular weight is 242 g/mol. The van der Waals surface area contributed by atoms with E-state index in [1.807, 2.05) is 36.4 Å². The quantitative estimate of drug-likeness (QED) is 0.480. The van der Waals surface area contributed by atoms with E-state index in [1.54, 1.807) is 12.3 Å². The number of rotatable bonds is 1. The predicted molar refractivity (Wildman–Crippen MR) is 69.4 cm³/mol. The Kier molecular flexibility index (Phi) is 2.30. The van der Waals surface area contributed by atoms with Crippen molar-refractivity contribution in [2.75, 3.05) is 0 Å². The van der Waals surface area contributed by atoms with E-state index in [4.69, 9.17) is 11.6 Å². The summed E-state index contributed by atoms with van der Waals surface area (Å²) in [5, 5.41) is 2.42. The summed E-state index contributed by atoms with van der Waals surface area (Å²) in [6.07, 6.45) is 1.75. The van der Waals surface area contributed by atoms with Crippen molar-refractivity contribution in [3.63, 3.8) is 0 Å². The molecule has 0 atom stereocenters. The Morgan fingerprint density at radius 3 is 2.71 bits per heavy atom. The number of fused-ring (bicyclic) bond motifs is 3.